The number of aromatic nitrogens is 1. The second-order valence-electron chi connectivity index (χ2n) is 6.79. The molecule has 0 aliphatic heterocycles. The molecule has 0 saturated carbocycles. The van der Waals surface area contributed by atoms with Crippen LogP contribution >= 0.6 is 23.2 Å². The summed E-state index contributed by atoms with van der Waals surface area (Å²) in [5, 5.41) is 6.11. The van der Waals surface area contributed by atoms with Gasteiger partial charge in [0, 0.05) is 40.1 Å². The van der Waals surface area contributed by atoms with Gasteiger partial charge in [0.2, 0.25) is 0 Å². The molecule has 1 heterocycles. The maximum atomic E-state index is 13.3. The number of hydrogen-bond donors (Lipinski definition) is 2. The molecule has 0 spiro atoms. The van der Waals surface area contributed by atoms with Crippen LogP contribution in [0.3, 0.4) is 0 Å². The zero-order chi connectivity index (χ0) is 22.0. The molecule has 0 bridgehead atoms. The monoisotopic (exact) mass is 455 g/mol. The Hall–Kier alpha value is -3.35. The van der Waals surface area contributed by atoms with Crippen molar-refractivity contribution in [2.24, 2.45) is 0 Å². The summed E-state index contributed by atoms with van der Waals surface area (Å²) in [6, 6.07) is 17.9. The molecule has 4 aromatic rings. The third-order valence-electron chi connectivity index (χ3n) is 4.69. The minimum atomic E-state index is -0.578. The fourth-order valence-corrected chi connectivity index (χ4v) is 3.55. The highest BCUT2D eigenvalue weighted by molar-refractivity contribution is 6.31. The average Bonchev–Trinajstić information content (AvgIpc) is 2.76. The molecule has 156 valence electrons. The van der Waals surface area contributed by atoms with E-state index in [-0.39, 0.29) is 17.0 Å². The summed E-state index contributed by atoms with van der Waals surface area (Å²) in [5.74, 6) is -0.578. The summed E-state index contributed by atoms with van der Waals surface area (Å²) in [4.78, 5) is 25.3. The molecule has 4 rings (SSSR count). The van der Waals surface area contributed by atoms with Crippen molar-refractivity contribution in [3.05, 3.63) is 105 Å². The lowest BCUT2D eigenvalue weighted by molar-refractivity contribution is 0.251. The lowest BCUT2D eigenvalue weighted by atomic mass is 10.1. The number of benzene rings is 3. The van der Waals surface area contributed by atoms with Crippen LogP contribution in [0.15, 0.2) is 77.7 Å². The number of carbonyl (C=O) groups excluding carboxylic acids is 1. The number of urea groups is 1. The minimum Gasteiger partial charge on any atom is -0.334 e. The summed E-state index contributed by atoms with van der Waals surface area (Å²) >= 11 is 11.9. The highest BCUT2D eigenvalue weighted by Crippen LogP contribution is 2.22. The molecule has 8 heteroatoms. The van der Waals surface area contributed by atoms with E-state index in [1.807, 2.05) is 34.9 Å². The summed E-state index contributed by atoms with van der Waals surface area (Å²) in [6.07, 6.45) is 1.69. The first-order valence-corrected chi connectivity index (χ1v) is 10.1. The van der Waals surface area contributed by atoms with Crippen LogP contribution in [0.5, 0.6) is 0 Å². The maximum absolute atomic E-state index is 13.3. The SMILES string of the molecule is O=C(NCc1cn(-c2ccccc2)c2cc(Cl)ccc2c1=O)Nc1ccc(F)c(Cl)c1. The average molecular weight is 456 g/mol. The van der Waals surface area contributed by atoms with Crippen molar-refractivity contribution in [1.82, 2.24) is 9.88 Å². The number of amides is 2. The Morgan fingerprint density at radius 2 is 1.77 bits per heavy atom. The molecular weight excluding hydrogens is 440 g/mol. The predicted octanol–water partition coefficient (Wildman–Crippen LogP) is 5.76. The molecule has 0 fully saturated rings. The van der Waals surface area contributed by atoms with Crippen LogP contribution in [0.1, 0.15) is 5.56 Å². The van der Waals surface area contributed by atoms with Crippen LogP contribution in [0.25, 0.3) is 16.6 Å². The second kappa shape index (κ2) is 8.79. The van der Waals surface area contributed by atoms with Gasteiger partial charge in [0.15, 0.2) is 5.43 Å². The highest BCUT2D eigenvalue weighted by Gasteiger charge is 2.12. The van der Waals surface area contributed by atoms with Crippen LogP contribution < -0.4 is 16.1 Å². The Balaban J connectivity index is 1.64. The van der Waals surface area contributed by atoms with Crippen molar-refractivity contribution in [2.75, 3.05) is 5.32 Å². The van der Waals surface area contributed by atoms with Crippen LogP contribution in [0.4, 0.5) is 14.9 Å². The molecule has 0 radical (unpaired) electrons. The van der Waals surface area contributed by atoms with Crippen molar-refractivity contribution in [2.45, 2.75) is 6.54 Å². The number of halogens is 3. The molecular formula is C23H16Cl2FN3O2. The van der Waals surface area contributed by atoms with E-state index in [1.54, 1.807) is 24.4 Å². The van der Waals surface area contributed by atoms with Crippen molar-refractivity contribution in [3.63, 3.8) is 0 Å². The first kappa shape index (κ1) is 20.9. The largest absolute Gasteiger partial charge is 0.334 e. The smallest absolute Gasteiger partial charge is 0.319 e. The van der Waals surface area contributed by atoms with Crippen molar-refractivity contribution in [1.29, 1.82) is 0 Å². The van der Waals surface area contributed by atoms with Gasteiger partial charge >= 0.3 is 6.03 Å². The number of nitrogens with zero attached hydrogens (tertiary/aromatic N) is 1. The number of carbonyl (C=O) groups is 1. The Bertz CT molecular complexity index is 1340. The van der Waals surface area contributed by atoms with E-state index in [2.05, 4.69) is 10.6 Å². The van der Waals surface area contributed by atoms with E-state index in [0.29, 0.717) is 27.2 Å². The first-order chi connectivity index (χ1) is 14.9. The number of fused-ring (bicyclic) bond motifs is 1. The Morgan fingerprint density at radius 3 is 2.52 bits per heavy atom. The summed E-state index contributed by atoms with van der Waals surface area (Å²) in [7, 11) is 0. The molecule has 0 aliphatic carbocycles. The molecule has 2 amide bonds. The Kier molecular flexibility index (Phi) is 5.93. The standard InChI is InChI=1S/C23H16Cl2FN3O2/c24-15-6-8-18-21(10-15)29(17-4-2-1-3-5-17)13-14(22(18)30)12-27-23(31)28-16-7-9-20(26)19(25)11-16/h1-11,13H,12H2,(H2,27,28,31). The Labute approximate surface area is 187 Å². The van der Waals surface area contributed by atoms with Gasteiger partial charge in [-0.15, -0.1) is 0 Å². The van der Waals surface area contributed by atoms with Crippen molar-refractivity contribution >= 4 is 45.8 Å². The summed E-state index contributed by atoms with van der Waals surface area (Å²) in [5.41, 5.74) is 2.04. The molecule has 0 aliphatic rings. The van der Waals surface area contributed by atoms with E-state index < -0.39 is 11.8 Å². The van der Waals surface area contributed by atoms with Gasteiger partial charge in [-0.3, -0.25) is 4.79 Å². The van der Waals surface area contributed by atoms with Gasteiger partial charge in [0.25, 0.3) is 0 Å². The quantitative estimate of drug-likeness (QED) is 0.410. The molecule has 0 unspecified atom stereocenters. The molecule has 31 heavy (non-hydrogen) atoms. The molecule has 2 N–H and O–H groups in total. The fraction of sp³-hybridized carbons (Fsp3) is 0.0435. The van der Waals surface area contributed by atoms with Gasteiger partial charge in [-0.05, 0) is 48.5 Å². The van der Waals surface area contributed by atoms with Crippen LogP contribution in [-0.2, 0) is 6.54 Å². The number of nitrogens with one attached hydrogen (secondary N) is 2. The van der Waals surface area contributed by atoms with Gasteiger partial charge in [-0.1, -0.05) is 41.4 Å². The molecule has 0 atom stereocenters. The normalized spacial score (nSPS) is 10.8. The highest BCUT2D eigenvalue weighted by atomic mass is 35.5. The van der Waals surface area contributed by atoms with Gasteiger partial charge < -0.3 is 15.2 Å². The van der Waals surface area contributed by atoms with E-state index in [4.69, 9.17) is 23.2 Å². The summed E-state index contributed by atoms with van der Waals surface area (Å²) < 4.78 is 15.1. The van der Waals surface area contributed by atoms with Crippen molar-refractivity contribution < 1.29 is 9.18 Å². The number of hydrogen-bond acceptors (Lipinski definition) is 2. The van der Waals surface area contributed by atoms with E-state index in [0.717, 1.165) is 11.8 Å². The second-order valence-corrected chi connectivity index (χ2v) is 7.63. The fourth-order valence-electron chi connectivity index (χ4n) is 3.21. The third kappa shape index (κ3) is 4.55. The molecule has 0 saturated heterocycles. The van der Waals surface area contributed by atoms with Gasteiger partial charge in [0.05, 0.1) is 10.5 Å². The Morgan fingerprint density at radius 1 is 1.00 bits per heavy atom. The van der Waals surface area contributed by atoms with Crippen LogP contribution in [-0.4, -0.2) is 10.6 Å². The number of para-hydroxylation sites is 1. The number of rotatable bonds is 4. The summed E-state index contributed by atoms with van der Waals surface area (Å²) in [6.45, 7) is -0.00894. The topological polar surface area (TPSA) is 63.1 Å². The van der Waals surface area contributed by atoms with E-state index in [1.165, 1.54) is 12.1 Å². The zero-order valence-corrected chi connectivity index (χ0v) is 17.5. The molecule has 1 aromatic heterocycles. The lowest BCUT2D eigenvalue weighted by Gasteiger charge is -2.15. The molecule has 3 aromatic carbocycles. The zero-order valence-electron chi connectivity index (χ0n) is 16.0. The maximum Gasteiger partial charge on any atom is 0.319 e. The van der Waals surface area contributed by atoms with Gasteiger partial charge in [-0.2, -0.15) is 0 Å². The van der Waals surface area contributed by atoms with Crippen molar-refractivity contribution in [3.8, 4) is 5.69 Å². The van der Waals surface area contributed by atoms with Gasteiger partial charge in [-0.25, -0.2) is 9.18 Å². The van der Waals surface area contributed by atoms with E-state index in [9.17, 15) is 14.0 Å². The van der Waals surface area contributed by atoms with Gasteiger partial charge in [0.1, 0.15) is 5.82 Å². The first-order valence-electron chi connectivity index (χ1n) is 9.31. The minimum absolute atomic E-state index is 0.00894. The van der Waals surface area contributed by atoms with Crippen LogP contribution in [0, 0.1) is 5.82 Å². The van der Waals surface area contributed by atoms with Crippen LogP contribution in [0.2, 0.25) is 10.0 Å². The predicted molar refractivity (Wildman–Crippen MR) is 122 cm³/mol. The molecule has 5 nitrogen and oxygen atoms in total. The number of pyridine rings is 1. The lowest BCUT2D eigenvalue weighted by Crippen LogP contribution is -2.30. The van der Waals surface area contributed by atoms with E-state index >= 15 is 0 Å². The number of anilines is 1. The third-order valence-corrected chi connectivity index (χ3v) is 5.22.